The van der Waals surface area contributed by atoms with Crippen molar-refractivity contribution in [3.8, 4) is 11.1 Å². The fourth-order valence-electron chi connectivity index (χ4n) is 3.74. The Bertz CT molecular complexity index is 1110. The first-order chi connectivity index (χ1) is 13.1. The lowest BCUT2D eigenvalue weighted by Crippen LogP contribution is -1.91. The van der Waals surface area contributed by atoms with Gasteiger partial charge in [-0.2, -0.15) is 4.39 Å². The van der Waals surface area contributed by atoms with Crippen molar-refractivity contribution in [1.29, 1.82) is 0 Å². The van der Waals surface area contributed by atoms with Crippen LogP contribution in [0.1, 0.15) is 37.8 Å². The van der Waals surface area contributed by atoms with Crippen LogP contribution in [0, 0.1) is 11.6 Å². The van der Waals surface area contributed by atoms with Gasteiger partial charge < -0.3 is 4.42 Å². The molecule has 0 spiro atoms. The summed E-state index contributed by atoms with van der Waals surface area (Å²) in [5.41, 5.74) is 3.82. The summed E-state index contributed by atoms with van der Waals surface area (Å²) in [7, 11) is 0. The molecule has 0 saturated carbocycles. The molecule has 3 heteroatoms. The van der Waals surface area contributed by atoms with Gasteiger partial charge in [-0.1, -0.05) is 69.2 Å². The standard InChI is InChI=1S/C24H22F2O/c1-3-6-15-10-12-16(13-11-15)19-14-20-18-9-5-8-17(7-4-2)23(18)27-24(20)22(26)21(19)25/h5,8-14H,3-4,6-7H2,1-2H3. The third-order valence-electron chi connectivity index (χ3n) is 5.08. The number of furan rings is 1. The van der Waals surface area contributed by atoms with Gasteiger partial charge in [0.1, 0.15) is 5.58 Å². The predicted octanol–water partition coefficient (Wildman–Crippen LogP) is 7.44. The van der Waals surface area contributed by atoms with Crippen molar-refractivity contribution in [2.45, 2.75) is 39.5 Å². The number of hydrogen-bond donors (Lipinski definition) is 0. The molecule has 0 aliphatic carbocycles. The first-order valence-electron chi connectivity index (χ1n) is 9.55. The first kappa shape index (κ1) is 17.7. The van der Waals surface area contributed by atoms with Crippen LogP contribution >= 0.6 is 0 Å². The molecule has 0 bridgehead atoms. The molecule has 1 aromatic heterocycles. The quantitative estimate of drug-likeness (QED) is 0.359. The lowest BCUT2D eigenvalue weighted by molar-refractivity contribution is 0.500. The van der Waals surface area contributed by atoms with Crippen molar-refractivity contribution >= 4 is 21.9 Å². The van der Waals surface area contributed by atoms with E-state index in [0.717, 1.165) is 36.6 Å². The molecule has 27 heavy (non-hydrogen) atoms. The van der Waals surface area contributed by atoms with Crippen molar-refractivity contribution in [1.82, 2.24) is 0 Å². The number of halogens is 2. The minimum Gasteiger partial charge on any atom is -0.453 e. The summed E-state index contributed by atoms with van der Waals surface area (Å²) in [6, 6.07) is 15.2. The summed E-state index contributed by atoms with van der Waals surface area (Å²) in [5.74, 6) is -1.78. The molecule has 3 aromatic carbocycles. The van der Waals surface area contributed by atoms with Gasteiger partial charge in [0.05, 0.1) is 0 Å². The molecule has 1 heterocycles. The molecule has 4 rings (SSSR count). The molecule has 0 amide bonds. The smallest absolute Gasteiger partial charge is 0.202 e. The summed E-state index contributed by atoms with van der Waals surface area (Å²) in [5, 5.41) is 1.45. The van der Waals surface area contributed by atoms with Crippen LogP contribution in [0.2, 0.25) is 0 Å². The molecule has 138 valence electrons. The molecule has 0 radical (unpaired) electrons. The number of benzene rings is 3. The molecule has 4 aromatic rings. The van der Waals surface area contributed by atoms with E-state index in [1.165, 1.54) is 5.56 Å². The second-order valence-electron chi connectivity index (χ2n) is 7.02. The lowest BCUT2D eigenvalue weighted by Gasteiger charge is -2.07. The summed E-state index contributed by atoms with van der Waals surface area (Å²) < 4.78 is 35.4. The highest BCUT2D eigenvalue weighted by molar-refractivity contribution is 6.07. The minimum absolute atomic E-state index is 0.00240. The van der Waals surface area contributed by atoms with Crippen LogP contribution < -0.4 is 0 Å². The maximum absolute atomic E-state index is 14.8. The van der Waals surface area contributed by atoms with E-state index in [4.69, 9.17) is 4.42 Å². The summed E-state index contributed by atoms with van der Waals surface area (Å²) in [6.07, 6.45) is 3.83. The fourth-order valence-corrected chi connectivity index (χ4v) is 3.74. The number of fused-ring (bicyclic) bond motifs is 3. The van der Waals surface area contributed by atoms with Crippen molar-refractivity contribution in [3.63, 3.8) is 0 Å². The van der Waals surface area contributed by atoms with Crippen molar-refractivity contribution in [2.24, 2.45) is 0 Å². The molecule has 0 atom stereocenters. The Kier molecular flexibility index (Phi) is 4.69. The van der Waals surface area contributed by atoms with Gasteiger partial charge in [-0.15, -0.1) is 0 Å². The second kappa shape index (κ2) is 7.15. The third kappa shape index (κ3) is 3.01. The number of rotatable bonds is 5. The van der Waals surface area contributed by atoms with E-state index in [2.05, 4.69) is 13.8 Å². The van der Waals surface area contributed by atoms with E-state index < -0.39 is 11.6 Å². The van der Waals surface area contributed by atoms with Gasteiger partial charge >= 0.3 is 0 Å². The first-order valence-corrected chi connectivity index (χ1v) is 9.55. The van der Waals surface area contributed by atoms with Crippen LogP contribution in [0.15, 0.2) is 52.9 Å². The number of para-hydroxylation sites is 1. The van der Waals surface area contributed by atoms with Crippen molar-refractivity contribution < 1.29 is 13.2 Å². The summed E-state index contributed by atoms with van der Waals surface area (Å²) in [4.78, 5) is 0. The second-order valence-corrected chi connectivity index (χ2v) is 7.02. The molecule has 1 nitrogen and oxygen atoms in total. The van der Waals surface area contributed by atoms with Gasteiger partial charge in [0.2, 0.25) is 5.82 Å². The zero-order chi connectivity index (χ0) is 19.0. The SMILES string of the molecule is CCCc1ccc(-c2cc3c(oc4c(CCC)cccc43)c(F)c2F)cc1. The average molecular weight is 364 g/mol. The predicted molar refractivity (Wildman–Crippen MR) is 107 cm³/mol. The highest BCUT2D eigenvalue weighted by Crippen LogP contribution is 2.38. The van der Waals surface area contributed by atoms with Crippen molar-refractivity contribution in [2.75, 3.05) is 0 Å². The lowest BCUT2D eigenvalue weighted by atomic mass is 9.99. The van der Waals surface area contributed by atoms with Crippen molar-refractivity contribution in [3.05, 3.63) is 71.3 Å². The normalized spacial score (nSPS) is 11.6. The Morgan fingerprint density at radius 1 is 0.778 bits per heavy atom. The van der Waals surface area contributed by atoms with E-state index in [1.54, 1.807) is 6.07 Å². The van der Waals surface area contributed by atoms with Crippen LogP contribution in [0.25, 0.3) is 33.1 Å². The third-order valence-corrected chi connectivity index (χ3v) is 5.08. The van der Waals surface area contributed by atoms with Gasteiger partial charge in [0.25, 0.3) is 0 Å². The molecular weight excluding hydrogens is 342 g/mol. The van der Waals surface area contributed by atoms with Crippen LogP contribution in [0.5, 0.6) is 0 Å². The van der Waals surface area contributed by atoms with E-state index in [-0.39, 0.29) is 11.1 Å². The Balaban J connectivity index is 1.93. The zero-order valence-electron chi connectivity index (χ0n) is 15.6. The molecule has 0 unspecified atom stereocenters. The molecule has 0 N–H and O–H groups in total. The zero-order valence-corrected chi connectivity index (χ0v) is 15.6. The molecular formula is C24H22F2O. The Labute approximate surface area is 157 Å². The van der Waals surface area contributed by atoms with Gasteiger partial charge in [-0.25, -0.2) is 4.39 Å². The molecule has 0 fully saturated rings. The largest absolute Gasteiger partial charge is 0.453 e. The van der Waals surface area contributed by atoms with Gasteiger partial charge in [-0.3, -0.25) is 0 Å². The van der Waals surface area contributed by atoms with E-state index in [1.807, 2.05) is 42.5 Å². The highest BCUT2D eigenvalue weighted by atomic mass is 19.2. The Hall–Kier alpha value is -2.68. The van der Waals surface area contributed by atoms with E-state index in [9.17, 15) is 8.78 Å². The fraction of sp³-hybridized carbons (Fsp3) is 0.250. The number of aryl methyl sites for hydroxylation is 2. The maximum atomic E-state index is 14.8. The average Bonchev–Trinajstić information content (AvgIpc) is 3.06. The van der Waals surface area contributed by atoms with Crippen LogP contribution in [-0.2, 0) is 12.8 Å². The van der Waals surface area contributed by atoms with Crippen LogP contribution in [-0.4, -0.2) is 0 Å². The maximum Gasteiger partial charge on any atom is 0.202 e. The summed E-state index contributed by atoms with van der Waals surface area (Å²) >= 11 is 0. The Morgan fingerprint density at radius 3 is 2.22 bits per heavy atom. The molecule has 0 aliphatic heterocycles. The van der Waals surface area contributed by atoms with Gasteiger partial charge in [-0.05, 0) is 35.6 Å². The summed E-state index contributed by atoms with van der Waals surface area (Å²) in [6.45, 7) is 4.20. The topological polar surface area (TPSA) is 13.1 Å². The highest BCUT2D eigenvalue weighted by Gasteiger charge is 2.21. The molecule has 0 saturated heterocycles. The van der Waals surface area contributed by atoms with E-state index >= 15 is 0 Å². The molecule has 0 aliphatic rings. The van der Waals surface area contributed by atoms with Crippen LogP contribution in [0.3, 0.4) is 0 Å². The Morgan fingerprint density at radius 2 is 1.52 bits per heavy atom. The van der Waals surface area contributed by atoms with Gasteiger partial charge in [0.15, 0.2) is 11.4 Å². The number of hydrogen-bond acceptors (Lipinski definition) is 1. The minimum atomic E-state index is -0.918. The monoisotopic (exact) mass is 364 g/mol. The van der Waals surface area contributed by atoms with Gasteiger partial charge in [0, 0.05) is 16.3 Å². The van der Waals surface area contributed by atoms with E-state index in [0.29, 0.717) is 16.5 Å². The van der Waals surface area contributed by atoms with Crippen LogP contribution in [0.4, 0.5) is 8.78 Å².